The van der Waals surface area contributed by atoms with E-state index in [9.17, 15) is 24.3 Å². The highest BCUT2D eigenvalue weighted by Gasteiger charge is 2.53. The van der Waals surface area contributed by atoms with E-state index >= 15 is 0 Å². The Hall–Kier alpha value is -4.51. The molecule has 15 nitrogen and oxygen atoms in total. The molecule has 0 bridgehead atoms. The topological polar surface area (TPSA) is 206 Å². The summed E-state index contributed by atoms with van der Waals surface area (Å²) in [6.45, 7) is 1.36. The molecule has 3 N–H and O–H groups in total. The second-order valence-electron chi connectivity index (χ2n) is 8.38. The van der Waals surface area contributed by atoms with Crippen LogP contribution in [-0.2, 0) is 35.3 Å². The Labute approximate surface area is 233 Å². The van der Waals surface area contributed by atoms with Crippen LogP contribution in [0.5, 0.6) is 0 Å². The average molecular weight is 588 g/mol. The summed E-state index contributed by atoms with van der Waals surface area (Å²) in [4.78, 5) is 59.7. The number of esters is 1. The van der Waals surface area contributed by atoms with Crippen LogP contribution >= 0.6 is 23.1 Å². The van der Waals surface area contributed by atoms with E-state index < -0.39 is 47.5 Å². The molecule has 2 amide bonds. The highest BCUT2D eigenvalue weighted by molar-refractivity contribution is 8.00. The van der Waals surface area contributed by atoms with Crippen molar-refractivity contribution in [1.82, 2.24) is 20.4 Å². The second kappa shape index (κ2) is 11.3. The molecule has 2 aliphatic heterocycles. The Morgan fingerprint density at radius 1 is 1.38 bits per heavy atom. The van der Waals surface area contributed by atoms with Crippen LogP contribution in [0.3, 0.4) is 0 Å². The van der Waals surface area contributed by atoms with Gasteiger partial charge in [-0.15, -0.1) is 23.1 Å². The molecule has 5 heterocycles. The number of thiophene rings is 1. The number of hydrogen-bond acceptors (Lipinski definition) is 14. The minimum absolute atomic E-state index is 0.117. The van der Waals surface area contributed by atoms with Crippen molar-refractivity contribution in [3.05, 3.63) is 46.9 Å². The van der Waals surface area contributed by atoms with Crippen molar-refractivity contribution in [3.63, 3.8) is 0 Å². The van der Waals surface area contributed by atoms with Crippen molar-refractivity contribution in [2.45, 2.75) is 24.9 Å². The minimum Gasteiger partial charge on any atom is -0.543 e. The standard InChI is InChI=1S/C23H21N7O8S2/c1-2-36-14(31)9-37-27-15(18-26-23(24)38-28-18)19(32)25-16-20(33)30-17(22(34)35)11(10-40-21(16)30)8-29-6-3-4-13-12(29)5-7-39-13/h3-7,16,21H,2,8-10H2,1H3,(H3-,24,25,26,28,32,34,35)/b27-15+/t16?,21-/m1/s1. The minimum atomic E-state index is -1.49. The summed E-state index contributed by atoms with van der Waals surface area (Å²) in [5.74, 6) is -3.88. The van der Waals surface area contributed by atoms with Crippen LogP contribution in [-0.4, -0.2) is 74.9 Å². The lowest BCUT2D eigenvalue weighted by Crippen LogP contribution is -2.71. The average Bonchev–Trinajstić information content (AvgIpc) is 3.59. The van der Waals surface area contributed by atoms with Gasteiger partial charge >= 0.3 is 12.0 Å². The molecule has 0 aromatic carbocycles. The summed E-state index contributed by atoms with van der Waals surface area (Å²) in [5.41, 5.74) is 6.13. The maximum absolute atomic E-state index is 13.1. The van der Waals surface area contributed by atoms with Crippen molar-refractivity contribution < 1.29 is 42.9 Å². The number of β-lactam (4-membered cyclic amide) rings is 1. The number of nitrogens with two attached hydrogens (primary N) is 1. The summed E-state index contributed by atoms with van der Waals surface area (Å²) in [6, 6.07) is 4.31. The fourth-order valence-corrected chi connectivity index (χ4v) is 6.35. The van der Waals surface area contributed by atoms with E-state index in [4.69, 9.17) is 15.3 Å². The van der Waals surface area contributed by atoms with Gasteiger partial charge in [-0.05, 0) is 18.4 Å². The van der Waals surface area contributed by atoms with Gasteiger partial charge in [0.1, 0.15) is 11.4 Å². The molecule has 2 atom stereocenters. The summed E-state index contributed by atoms with van der Waals surface area (Å²) in [6.07, 6.45) is 1.84. The van der Waals surface area contributed by atoms with E-state index in [2.05, 4.69) is 25.1 Å². The molecule has 3 aromatic rings. The number of nitrogens with one attached hydrogen (secondary N) is 1. The van der Waals surface area contributed by atoms with E-state index in [1.165, 1.54) is 11.8 Å². The van der Waals surface area contributed by atoms with Gasteiger partial charge in [0.25, 0.3) is 11.8 Å². The zero-order valence-corrected chi connectivity index (χ0v) is 22.4. The number of thioether (sulfide) groups is 1. The lowest BCUT2D eigenvalue weighted by molar-refractivity contribution is -0.663. The Kier molecular flexibility index (Phi) is 7.65. The van der Waals surface area contributed by atoms with Crippen LogP contribution in [0, 0.1) is 0 Å². The van der Waals surface area contributed by atoms with Crippen LogP contribution in [0.2, 0.25) is 0 Å². The molecular weight excluding hydrogens is 566 g/mol. The van der Waals surface area contributed by atoms with Gasteiger partial charge in [-0.1, -0.05) is 10.3 Å². The summed E-state index contributed by atoms with van der Waals surface area (Å²) >= 11 is 2.85. The summed E-state index contributed by atoms with van der Waals surface area (Å²) in [5, 5.41) is 23.0. The number of rotatable bonds is 10. The molecule has 5 rings (SSSR count). The molecule has 1 unspecified atom stereocenters. The number of hydrogen-bond donors (Lipinski definition) is 2. The quantitative estimate of drug-likeness (QED) is 0.0918. The maximum atomic E-state index is 13.1. The summed E-state index contributed by atoms with van der Waals surface area (Å²) < 4.78 is 12.4. The van der Waals surface area contributed by atoms with Gasteiger partial charge in [0.2, 0.25) is 23.7 Å². The number of carboxylic acids is 1. The van der Waals surface area contributed by atoms with Gasteiger partial charge in [-0.25, -0.2) is 4.79 Å². The lowest BCUT2D eigenvalue weighted by Gasteiger charge is -2.50. The number of amides is 2. The molecule has 0 radical (unpaired) electrons. The molecule has 0 saturated carbocycles. The van der Waals surface area contributed by atoms with E-state index in [1.54, 1.807) is 18.3 Å². The number of carboxylic acid groups (broad SMARTS) is 1. The van der Waals surface area contributed by atoms with Gasteiger partial charge < -0.3 is 35.0 Å². The monoisotopic (exact) mass is 587 g/mol. The Balaban J connectivity index is 1.34. The van der Waals surface area contributed by atoms with Crippen molar-refractivity contribution in [2.24, 2.45) is 5.16 Å². The van der Waals surface area contributed by atoms with Crippen molar-refractivity contribution in [2.75, 3.05) is 24.7 Å². The van der Waals surface area contributed by atoms with Crippen LogP contribution in [0.25, 0.3) is 10.2 Å². The third-order valence-corrected chi connectivity index (χ3v) is 8.11. The number of fused-ring (bicyclic) bond motifs is 2. The van der Waals surface area contributed by atoms with E-state index in [-0.39, 0.29) is 36.4 Å². The smallest absolute Gasteiger partial charge is 0.347 e. The first-order valence-electron chi connectivity index (χ1n) is 11.8. The first-order chi connectivity index (χ1) is 19.3. The van der Waals surface area contributed by atoms with E-state index in [0.29, 0.717) is 5.57 Å². The van der Waals surface area contributed by atoms with Crippen LogP contribution in [0.15, 0.2) is 50.7 Å². The molecule has 0 aliphatic carbocycles. The number of oxime groups is 1. The van der Waals surface area contributed by atoms with Gasteiger partial charge in [0.15, 0.2) is 12.7 Å². The van der Waals surface area contributed by atoms with Crippen molar-refractivity contribution in [1.29, 1.82) is 0 Å². The SMILES string of the molecule is CCOC(=O)CO/N=C(/C(=O)NC1C(=O)N2C(C(=O)[O-])=C(C[n+]3cccc4sccc43)CS[C@H]12)c1noc(N)n1. The molecule has 40 heavy (non-hydrogen) atoms. The van der Waals surface area contributed by atoms with Gasteiger partial charge in [0, 0.05) is 23.5 Å². The highest BCUT2D eigenvalue weighted by Crippen LogP contribution is 2.40. The Morgan fingerprint density at radius 2 is 2.20 bits per heavy atom. The molecule has 17 heteroatoms. The first-order valence-corrected chi connectivity index (χ1v) is 13.7. The number of aliphatic carboxylic acids is 1. The van der Waals surface area contributed by atoms with Crippen LogP contribution in [0.4, 0.5) is 6.01 Å². The van der Waals surface area contributed by atoms with Crippen molar-refractivity contribution >= 4 is 68.8 Å². The lowest BCUT2D eigenvalue weighted by atomic mass is 10.0. The fraction of sp³-hybridized carbons (Fsp3) is 0.304. The molecular formula is C23H21N7O8S2. The number of pyridine rings is 1. The molecule has 3 aromatic heterocycles. The Bertz CT molecular complexity index is 1570. The zero-order valence-electron chi connectivity index (χ0n) is 20.8. The molecule has 2 aliphatic rings. The predicted octanol–water partition coefficient (Wildman–Crippen LogP) is -1.46. The number of anilines is 1. The van der Waals surface area contributed by atoms with Crippen molar-refractivity contribution in [3.8, 4) is 0 Å². The second-order valence-corrected chi connectivity index (χ2v) is 10.4. The Morgan fingerprint density at radius 3 is 2.92 bits per heavy atom. The third kappa shape index (κ3) is 5.20. The highest BCUT2D eigenvalue weighted by atomic mass is 32.2. The number of carbonyl (C=O) groups excluding carboxylic acids is 4. The van der Waals surface area contributed by atoms with E-state index in [1.807, 2.05) is 34.3 Å². The van der Waals surface area contributed by atoms with Crippen LogP contribution < -0.4 is 20.7 Å². The first kappa shape index (κ1) is 27.1. The van der Waals surface area contributed by atoms with Gasteiger partial charge in [-0.3, -0.25) is 14.5 Å². The van der Waals surface area contributed by atoms with Gasteiger partial charge in [0.05, 0.1) is 23.0 Å². The molecule has 208 valence electrons. The number of nitrogens with zero attached hydrogens (tertiary/aromatic N) is 5. The molecule has 1 saturated heterocycles. The number of ether oxygens (including phenoxy) is 1. The molecule has 1 fully saturated rings. The predicted molar refractivity (Wildman–Crippen MR) is 137 cm³/mol. The van der Waals surface area contributed by atoms with Crippen LogP contribution in [0.1, 0.15) is 12.7 Å². The normalized spacial score (nSPS) is 18.8. The number of aromatic nitrogens is 3. The molecule has 0 spiro atoms. The number of carbonyl (C=O) groups is 4. The third-order valence-electron chi connectivity index (χ3n) is 5.90. The zero-order chi connectivity index (χ0) is 28.4. The maximum Gasteiger partial charge on any atom is 0.347 e. The summed E-state index contributed by atoms with van der Waals surface area (Å²) in [7, 11) is 0. The number of nitrogen functional groups attached to an aromatic ring is 1. The van der Waals surface area contributed by atoms with Gasteiger partial charge in [-0.2, -0.15) is 9.55 Å². The largest absolute Gasteiger partial charge is 0.543 e. The fourth-order valence-electron chi connectivity index (χ4n) is 4.20. The van der Waals surface area contributed by atoms with E-state index in [0.717, 1.165) is 15.1 Å².